The van der Waals surface area contributed by atoms with Crippen LogP contribution in [0.1, 0.15) is 19.8 Å². The van der Waals surface area contributed by atoms with Gasteiger partial charge in [0, 0.05) is 6.42 Å². The molecule has 0 aromatic rings. The van der Waals surface area contributed by atoms with Crippen LogP contribution < -0.4 is 0 Å². The monoisotopic (exact) mass is 182 g/mol. The number of carbonyl (C=O) groups is 1. The fourth-order valence-electron chi connectivity index (χ4n) is 0.489. The Labute approximate surface area is 71.0 Å². The molecule has 0 heterocycles. The minimum Gasteiger partial charge on any atom is -0.481 e. The molecule has 2 unspecified atom stereocenters. The molecule has 10 heavy (non-hydrogen) atoms. The van der Waals surface area contributed by atoms with Gasteiger partial charge in [0.2, 0.25) is 0 Å². The Morgan fingerprint density at radius 2 is 2.30 bits per heavy atom. The van der Waals surface area contributed by atoms with Gasteiger partial charge in [-0.1, -0.05) is 6.92 Å². The predicted octanol–water partition coefficient (Wildman–Crippen LogP) is 1.98. The van der Waals surface area contributed by atoms with Crippen molar-refractivity contribution >= 4 is 30.2 Å². The van der Waals surface area contributed by atoms with Gasteiger partial charge in [-0.2, -0.15) is 12.6 Å². The molecule has 0 aliphatic heterocycles. The molecule has 0 aromatic heterocycles. The standard InChI is InChI=1S/C6H11ClO2S/c1-4(6(7)10)2-3-5(8)9/h4,6,10H,2-3H2,1H3,(H,8,9). The third-order valence-electron chi connectivity index (χ3n) is 1.28. The van der Waals surface area contributed by atoms with Crippen LogP contribution in [0.3, 0.4) is 0 Å². The summed E-state index contributed by atoms with van der Waals surface area (Å²) in [4.78, 5) is 10.1. The molecule has 0 radical (unpaired) electrons. The third-order valence-corrected chi connectivity index (χ3v) is 2.22. The topological polar surface area (TPSA) is 37.3 Å². The summed E-state index contributed by atoms with van der Waals surface area (Å²) in [7, 11) is 0. The second kappa shape index (κ2) is 4.85. The van der Waals surface area contributed by atoms with E-state index in [1.807, 2.05) is 6.92 Å². The lowest BCUT2D eigenvalue weighted by Gasteiger charge is -2.10. The second-order valence-electron chi connectivity index (χ2n) is 2.28. The van der Waals surface area contributed by atoms with Crippen LogP contribution in [0.25, 0.3) is 0 Å². The lowest BCUT2D eigenvalue weighted by molar-refractivity contribution is -0.137. The van der Waals surface area contributed by atoms with Crippen molar-refractivity contribution in [3.05, 3.63) is 0 Å². The quantitative estimate of drug-likeness (QED) is 0.516. The number of aliphatic carboxylic acids is 1. The molecule has 1 N–H and O–H groups in total. The predicted molar refractivity (Wildman–Crippen MR) is 44.7 cm³/mol. The van der Waals surface area contributed by atoms with Crippen LogP contribution in [-0.2, 0) is 4.79 Å². The summed E-state index contributed by atoms with van der Waals surface area (Å²) in [6.45, 7) is 1.88. The normalized spacial score (nSPS) is 16.3. The van der Waals surface area contributed by atoms with Crippen molar-refractivity contribution in [3.8, 4) is 0 Å². The average Bonchev–Trinajstić information content (AvgIpc) is 1.82. The van der Waals surface area contributed by atoms with Gasteiger partial charge in [0.15, 0.2) is 0 Å². The number of thiol groups is 1. The SMILES string of the molecule is CC(CCC(=O)O)C(S)Cl. The summed E-state index contributed by atoms with van der Waals surface area (Å²) >= 11 is 9.55. The highest BCUT2D eigenvalue weighted by molar-refractivity contribution is 7.82. The van der Waals surface area contributed by atoms with Gasteiger partial charge in [-0.25, -0.2) is 0 Å². The maximum atomic E-state index is 10.1. The van der Waals surface area contributed by atoms with Crippen molar-refractivity contribution in [3.63, 3.8) is 0 Å². The fourth-order valence-corrected chi connectivity index (χ4v) is 0.764. The molecule has 0 bridgehead atoms. The number of hydrogen-bond donors (Lipinski definition) is 2. The van der Waals surface area contributed by atoms with Crippen LogP contribution in [0.5, 0.6) is 0 Å². The Morgan fingerprint density at radius 1 is 1.80 bits per heavy atom. The first-order chi connectivity index (χ1) is 4.54. The lowest BCUT2D eigenvalue weighted by atomic mass is 10.1. The molecule has 0 rings (SSSR count). The van der Waals surface area contributed by atoms with Crippen LogP contribution in [0.2, 0.25) is 0 Å². The van der Waals surface area contributed by atoms with E-state index in [1.54, 1.807) is 0 Å². The zero-order valence-electron chi connectivity index (χ0n) is 5.75. The maximum absolute atomic E-state index is 10.1. The Morgan fingerprint density at radius 3 is 2.60 bits per heavy atom. The molecule has 0 aliphatic rings. The van der Waals surface area contributed by atoms with Gasteiger partial charge in [0.05, 0.1) is 4.71 Å². The Bertz CT molecular complexity index is 116. The summed E-state index contributed by atoms with van der Waals surface area (Å²) in [5.74, 6) is -0.626. The van der Waals surface area contributed by atoms with E-state index in [1.165, 1.54) is 0 Å². The van der Waals surface area contributed by atoms with E-state index in [0.717, 1.165) is 0 Å². The van der Waals surface area contributed by atoms with Gasteiger partial charge < -0.3 is 5.11 Å². The average molecular weight is 183 g/mol. The zero-order valence-corrected chi connectivity index (χ0v) is 7.40. The Balaban J connectivity index is 3.39. The minimum absolute atomic E-state index is 0.154. The molecular weight excluding hydrogens is 172 g/mol. The number of carboxylic acid groups (broad SMARTS) is 1. The molecule has 0 saturated carbocycles. The van der Waals surface area contributed by atoms with Gasteiger partial charge in [-0.15, -0.1) is 11.6 Å². The van der Waals surface area contributed by atoms with Crippen molar-refractivity contribution in [1.29, 1.82) is 0 Å². The van der Waals surface area contributed by atoms with E-state index in [-0.39, 0.29) is 17.0 Å². The Hall–Kier alpha value is 0.110. The van der Waals surface area contributed by atoms with E-state index in [9.17, 15) is 4.79 Å². The largest absolute Gasteiger partial charge is 0.481 e. The lowest BCUT2D eigenvalue weighted by Crippen LogP contribution is -2.07. The van der Waals surface area contributed by atoms with E-state index in [0.29, 0.717) is 6.42 Å². The molecule has 0 aromatic carbocycles. The number of hydrogen-bond acceptors (Lipinski definition) is 2. The highest BCUT2D eigenvalue weighted by atomic mass is 35.5. The first-order valence-electron chi connectivity index (χ1n) is 3.08. The molecule has 0 saturated heterocycles. The summed E-state index contributed by atoms with van der Waals surface area (Å²) < 4.78 is -0.237. The van der Waals surface area contributed by atoms with Crippen LogP contribution >= 0.6 is 24.2 Å². The highest BCUT2D eigenvalue weighted by Crippen LogP contribution is 2.18. The van der Waals surface area contributed by atoms with Gasteiger partial charge in [-0.3, -0.25) is 4.79 Å². The zero-order chi connectivity index (χ0) is 8.15. The molecule has 60 valence electrons. The van der Waals surface area contributed by atoms with Crippen molar-refractivity contribution in [1.82, 2.24) is 0 Å². The summed E-state index contributed by atoms with van der Waals surface area (Å²) in [6, 6.07) is 0. The summed E-state index contributed by atoms with van der Waals surface area (Å²) in [6.07, 6.45) is 0.762. The number of rotatable bonds is 4. The summed E-state index contributed by atoms with van der Waals surface area (Å²) in [5.41, 5.74) is 0. The smallest absolute Gasteiger partial charge is 0.303 e. The highest BCUT2D eigenvalue weighted by Gasteiger charge is 2.10. The molecule has 0 aliphatic carbocycles. The van der Waals surface area contributed by atoms with E-state index in [4.69, 9.17) is 16.7 Å². The Kier molecular flexibility index (Phi) is 4.91. The molecule has 0 amide bonds. The first-order valence-corrected chi connectivity index (χ1v) is 4.03. The van der Waals surface area contributed by atoms with E-state index in [2.05, 4.69) is 12.6 Å². The van der Waals surface area contributed by atoms with Gasteiger partial charge in [-0.05, 0) is 12.3 Å². The molecule has 4 heteroatoms. The molecule has 2 atom stereocenters. The van der Waals surface area contributed by atoms with Crippen molar-refractivity contribution < 1.29 is 9.90 Å². The maximum Gasteiger partial charge on any atom is 0.303 e. The number of carboxylic acids is 1. The third kappa shape index (κ3) is 4.94. The van der Waals surface area contributed by atoms with Crippen LogP contribution in [-0.4, -0.2) is 15.8 Å². The van der Waals surface area contributed by atoms with Crippen LogP contribution in [0, 0.1) is 5.92 Å². The summed E-state index contributed by atoms with van der Waals surface area (Å²) in [5, 5.41) is 8.28. The van der Waals surface area contributed by atoms with Crippen molar-refractivity contribution in [2.24, 2.45) is 5.92 Å². The molecule has 0 fully saturated rings. The van der Waals surface area contributed by atoms with Crippen molar-refractivity contribution in [2.45, 2.75) is 24.5 Å². The van der Waals surface area contributed by atoms with Crippen LogP contribution in [0.15, 0.2) is 0 Å². The van der Waals surface area contributed by atoms with Gasteiger partial charge in [0.1, 0.15) is 0 Å². The van der Waals surface area contributed by atoms with E-state index < -0.39 is 5.97 Å². The van der Waals surface area contributed by atoms with Gasteiger partial charge >= 0.3 is 5.97 Å². The van der Waals surface area contributed by atoms with Crippen LogP contribution in [0.4, 0.5) is 0 Å². The second-order valence-corrected chi connectivity index (χ2v) is 3.61. The fraction of sp³-hybridized carbons (Fsp3) is 0.833. The minimum atomic E-state index is -0.780. The number of alkyl halides is 1. The first kappa shape index (κ1) is 10.1. The molecule has 0 spiro atoms. The van der Waals surface area contributed by atoms with Crippen molar-refractivity contribution in [2.75, 3.05) is 0 Å². The molecular formula is C6H11ClO2S. The van der Waals surface area contributed by atoms with E-state index >= 15 is 0 Å². The van der Waals surface area contributed by atoms with Gasteiger partial charge in [0.25, 0.3) is 0 Å². The number of halogens is 1. The molecule has 2 nitrogen and oxygen atoms in total.